The number of rotatable bonds is 5. The summed E-state index contributed by atoms with van der Waals surface area (Å²) in [5.41, 5.74) is 0. The molecule has 0 amide bonds. The van der Waals surface area contributed by atoms with Gasteiger partial charge in [0.15, 0.2) is 0 Å². The number of hydrogen-bond donors (Lipinski definition) is 2. The first-order chi connectivity index (χ1) is 14.0. The molecule has 2 N–H and O–H groups in total. The van der Waals surface area contributed by atoms with Crippen molar-refractivity contribution in [2.45, 2.75) is 0 Å². The summed E-state index contributed by atoms with van der Waals surface area (Å²) in [5.74, 6) is 0.186. The lowest BCUT2D eigenvalue weighted by atomic mass is 10.1. The first kappa shape index (κ1) is 19.4. The van der Waals surface area contributed by atoms with E-state index in [9.17, 15) is 14.8 Å². The summed E-state index contributed by atoms with van der Waals surface area (Å²) in [4.78, 5) is 0. The van der Waals surface area contributed by atoms with Crippen LogP contribution in [0, 0.1) is 0 Å². The molecule has 146 valence electrons. The standard InChI is InChI=1S/C22H16BrO5P/c23-15-11-12-18-19(13-15)20(24)14-21(22(18)25)29(26,27-16-7-3-1-4-8-16)28-17-9-5-2-6-10-17/h1-14,24-25H. The number of hydrogen-bond acceptors (Lipinski definition) is 5. The molecule has 0 aliphatic heterocycles. The molecule has 0 aromatic heterocycles. The highest BCUT2D eigenvalue weighted by molar-refractivity contribution is 9.10. The van der Waals surface area contributed by atoms with E-state index < -0.39 is 7.60 Å². The van der Waals surface area contributed by atoms with Crippen molar-refractivity contribution in [1.29, 1.82) is 0 Å². The topological polar surface area (TPSA) is 76.0 Å². The highest BCUT2D eigenvalue weighted by Crippen LogP contribution is 2.51. The molecule has 5 nitrogen and oxygen atoms in total. The van der Waals surface area contributed by atoms with Gasteiger partial charge in [0.2, 0.25) is 0 Å². The number of phenols is 2. The molecular formula is C22H16BrO5P. The zero-order valence-electron chi connectivity index (χ0n) is 15.0. The summed E-state index contributed by atoms with van der Waals surface area (Å²) >= 11 is 3.34. The molecule has 0 unspecified atom stereocenters. The third-order valence-electron chi connectivity index (χ3n) is 4.26. The van der Waals surface area contributed by atoms with Crippen LogP contribution >= 0.6 is 23.5 Å². The number of fused-ring (bicyclic) bond motifs is 1. The van der Waals surface area contributed by atoms with Crippen LogP contribution in [-0.2, 0) is 4.57 Å². The van der Waals surface area contributed by atoms with E-state index in [0.717, 1.165) is 4.47 Å². The minimum Gasteiger partial charge on any atom is -0.507 e. The van der Waals surface area contributed by atoms with E-state index in [2.05, 4.69) is 15.9 Å². The third-order valence-corrected chi connectivity index (χ3v) is 6.59. The molecule has 0 aliphatic carbocycles. The lowest BCUT2D eigenvalue weighted by Gasteiger charge is -2.22. The van der Waals surface area contributed by atoms with Crippen molar-refractivity contribution >= 4 is 39.6 Å². The van der Waals surface area contributed by atoms with Crippen LogP contribution in [0.15, 0.2) is 89.4 Å². The lowest BCUT2D eigenvalue weighted by molar-refractivity contribution is 0.396. The van der Waals surface area contributed by atoms with E-state index in [1.807, 2.05) is 0 Å². The van der Waals surface area contributed by atoms with Gasteiger partial charge in [-0.25, -0.2) is 4.57 Å². The number of benzene rings is 4. The molecule has 29 heavy (non-hydrogen) atoms. The molecule has 0 fully saturated rings. The average molecular weight is 471 g/mol. The van der Waals surface area contributed by atoms with Gasteiger partial charge in [-0.2, -0.15) is 0 Å². The quantitative estimate of drug-likeness (QED) is 0.276. The number of phenolic OH excluding ortho intramolecular Hbond substituents is 2. The molecule has 0 bridgehead atoms. The van der Waals surface area contributed by atoms with E-state index in [1.54, 1.807) is 78.9 Å². The molecule has 0 aliphatic rings. The van der Waals surface area contributed by atoms with Crippen LogP contribution in [0.25, 0.3) is 10.8 Å². The Morgan fingerprint density at radius 3 is 1.83 bits per heavy atom. The van der Waals surface area contributed by atoms with Crippen molar-refractivity contribution in [1.82, 2.24) is 0 Å². The maximum Gasteiger partial charge on any atom is 0.466 e. The first-order valence-electron chi connectivity index (χ1n) is 8.70. The fourth-order valence-electron chi connectivity index (χ4n) is 2.91. The molecule has 7 heteroatoms. The van der Waals surface area contributed by atoms with Gasteiger partial charge in [0.1, 0.15) is 28.3 Å². The fraction of sp³-hybridized carbons (Fsp3) is 0. The molecule has 0 heterocycles. The maximum absolute atomic E-state index is 13.9. The van der Waals surface area contributed by atoms with E-state index >= 15 is 0 Å². The Balaban J connectivity index is 1.90. The van der Waals surface area contributed by atoms with Gasteiger partial charge in [-0.05, 0) is 42.5 Å². The Bertz CT molecular complexity index is 1170. The molecule has 4 rings (SSSR count). The first-order valence-corrected chi connectivity index (χ1v) is 11.0. The normalized spacial score (nSPS) is 11.3. The zero-order chi connectivity index (χ0) is 20.4. The Hall–Kier alpha value is -2.95. The molecule has 0 spiro atoms. The summed E-state index contributed by atoms with van der Waals surface area (Å²) in [6.45, 7) is 0. The minimum atomic E-state index is -4.12. The second-order valence-electron chi connectivity index (χ2n) is 6.26. The van der Waals surface area contributed by atoms with Crippen LogP contribution in [0.3, 0.4) is 0 Å². The third kappa shape index (κ3) is 3.95. The Labute approximate surface area is 175 Å². The average Bonchev–Trinajstić information content (AvgIpc) is 2.72. The van der Waals surface area contributed by atoms with Crippen molar-refractivity contribution in [3.05, 3.63) is 89.4 Å². The summed E-state index contributed by atoms with van der Waals surface area (Å²) in [5, 5.41) is 22.0. The van der Waals surface area contributed by atoms with Crippen molar-refractivity contribution in [2.75, 3.05) is 0 Å². The highest BCUT2D eigenvalue weighted by Gasteiger charge is 2.36. The minimum absolute atomic E-state index is 0.127. The largest absolute Gasteiger partial charge is 0.507 e. The number of halogens is 1. The molecule has 0 saturated carbocycles. The van der Waals surface area contributed by atoms with Crippen LogP contribution in [0.4, 0.5) is 0 Å². The van der Waals surface area contributed by atoms with Crippen molar-refractivity contribution in [3.63, 3.8) is 0 Å². The van der Waals surface area contributed by atoms with Crippen molar-refractivity contribution < 1.29 is 23.8 Å². The van der Waals surface area contributed by atoms with Gasteiger partial charge in [0, 0.05) is 21.3 Å². The number of para-hydroxylation sites is 2. The zero-order valence-corrected chi connectivity index (χ0v) is 17.5. The van der Waals surface area contributed by atoms with Crippen LogP contribution < -0.4 is 14.4 Å². The van der Waals surface area contributed by atoms with Crippen molar-refractivity contribution in [3.8, 4) is 23.0 Å². The van der Waals surface area contributed by atoms with E-state index in [1.165, 1.54) is 6.07 Å². The highest BCUT2D eigenvalue weighted by atomic mass is 79.9. The Morgan fingerprint density at radius 2 is 1.28 bits per heavy atom. The van der Waals surface area contributed by atoms with Crippen LogP contribution in [-0.4, -0.2) is 10.2 Å². The van der Waals surface area contributed by atoms with Gasteiger partial charge in [-0.15, -0.1) is 0 Å². The summed E-state index contributed by atoms with van der Waals surface area (Å²) < 4.78 is 26.2. The molecule has 4 aromatic rings. The van der Waals surface area contributed by atoms with Gasteiger partial charge in [0.25, 0.3) is 0 Å². The van der Waals surface area contributed by atoms with Crippen LogP contribution in [0.1, 0.15) is 0 Å². The smallest absolute Gasteiger partial charge is 0.466 e. The Kier molecular flexibility index (Phi) is 5.22. The predicted molar refractivity (Wildman–Crippen MR) is 116 cm³/mol. The van der Waals surface area contributed by atoms with Crippen LogP contribution in [0.2, 0.25) is 0 Å². The predicted octanol–water partition coefficient (Wildman–Crippen LogP) is 5.99. The van der Waals surface area contributed by atoms with Crippen LogP contribution in [0.5, 0.6) is 23.0 Å². The maximum atomic E-state index is 13.9. The van der Waals surface area contributed by atoms with E-state index in [4.69, 9.17) is 9.05 Å². The van der Waals surface area contributed by atoms with E-state index in [-0.39, 0.29) is 16.8 Å². The number of aromatic hydroxyl groups is 2. The molecule has 0 saturated heterocycles. The van der Waals surface area contributed by atoms with E-state index in [0.29, 0.717) is 22.3 Å². The fourth-order valence-corrected chi connectivity index (χ4v) is 4.97. The van der Waals surface area contributed by atoms with Gasteiger partial charge in [0.05, 0.1) is 0 Å². The summed E-state index contributed by atoms with van der Waals surface area (Å²) in [6.07, 6.45) is 0. The molecule has 4 aromatic carbocycles. The lowest BCUT2D eigenvalue weighted by Crippen LogP contribution is -2.15. The summed E-state index contributed by atoms with van der Waals surface area (Å²) in [7, 11) is -4.12. The van der Waals surface area contributed by atoms with Gasteiger partial charge < -0.3 is 19.3 Å². The Morgan fingerprint density at radius 1 is 0.724 bits per heavy atom. The van der Waals surface area contributed by atoms with Gasteiger partial charge >= 0.3 is 7.60 Å². The van der Waals surface area contributed by atoms with Gasteiger partial charge in [-0.3, -0.25) is 0 Å². The monoisotopic (exact) mass is 470 g/mol. The molecule has 0 atom stereocenters. The SMILES string of the molecule is O=P(Oc1ccccc1)(Oc1ccccc1)c1cc(O)c2cc(Br)ccc2c1O. The summed E-state index contributed by atoms with van der Waals surface area (Å²) in [6, 6.07) is 23.3. The second-order valence-corrected chi connectivity index (χ2v) is 9.02. The second kappa shape index (κ2) is 7.82. The molecular weight excluding hydrogens is 455 g/mol. The van der Waals surface area contributed by atoms with Gasteiger partial charge in [-0.1, -0.05) is 52.3 Å². The molecule has 0 radical (unpaired) electrons. The van der Waals surface area contributed by atoms with Crippen molar-refractivity contribution in [2.24, 2.45) is 0 Å².